The molecule has 132 valence electrons. The van der Waals surface area contributed by atoms with Crippen molar-refractivity contribution in [2.45, 2.75) is 63.2 Å². The Hall–Kier alpha value is -1.04. The van der Waals surface area contributed by atoms with Crippen molar-refractivity contribution >= 4 is 28.7 Å². The summed E-state index contributed by atoms with van der Waals surface area (Å²) in [7, 11) is 0. The van der Waals surface area contributed by atoms with Gasteiger partial charge in [0.05, 0.1) is 0 Å². The molecule has 0 aromatic carbocycles. The van der Waals surface area contributed by atoms with Crippen LogP contribution in [0.2, 0.25) is 0 Å². The van der Waals surface area contributed by atoms with Crippen molar-refractivity contribution in [3.63, 3.8) is 0 Å². The predicted molar refractivity (Wildman–Crippen MR) is 95.8 cm³/mol. The summed E-state index contributed by atoms with van der Waals surface area (Å²) >= 11 is 1.64. The molecular formula is C18H27N3O2S. The number of hydrogen-bond acceptors (Lipinski definition) is 4. The number of rotatable bonds is 2. The van der Waals surface area contributed by atoms with Crippen molar-refractivity contribution in [3.05, 3.63) is 0 Å². The molecule has 5 nitrogen and oxygen atoms in total. The maximum atomic E-state index is 12.6. The SMILES string of the molecule is CC(=O)N1CCC(C2(C)SC(N[C@H]3C[C@@H]4CC[C@H]3C4)=NC2=O)CC1. The molecule has 4 rings (SSSR count). The molecule has 2 aliphatic carbocycles. The van der Waals surface area contributed by atoms with Gasteiger partial charge in [-0.2, -0.15) is 4.99 Å². The van der Waals surface area contributed by atoms with Crippen molar-refractivity contribution < 1.29 is 9.59 Å². The molecule has 6 heteroatoms. The number of amidine groups is 1. The van der Waals surface area contributed by atoms with Gasteiger partial charge in [0.15, 0.2) is 5.17 Å². The van der Waals surface area contributed by atoms with Crippen molar-refractivity contribution in [3.8, 4) is 0 Å². The number of hydrogen-bond donors (Lipinski definition) is 1. The molecule has 2 heterocycles. The van der Waals surface area contributed by atoms with E-state index in [1.807, 2.05) is 11.8 Å². The lowest BCUT2D eigenvalue weighted by Crippen LogP contribution is -2.46. The number of nitrogens with one attached hydrogen (secondary N) is 1. The summed E-state index contributed by atoms with van der Waals surface area (Å²) in [5, 5.41) is 4.43. The molecule has 0 aromatic rings. The molecule has 0 spiro atoms. The van der Waals surface area contributed by atoms with Crippen molar-refractivity contribution in [2.24, 2.45) is 22.7 Å². The molecule has 2 aliphatic heterocycles. The first-order valence-corrected chi connectivity index (χ1v) is 10.1. The fourth-order valence-electron chi connectivity index (χ4n) is 5.12. The summed E-state index contributed by atoms with van der Waals surface area (Å²) in [5.74, 6) is 2.11. The van der Waals surface area contributed by atoms with Gasteiger partial charge < -0.3 is 10.2 Å². The van der Waals surface area contributed by atoms with E-state index in [1.165, 1.54) is 25.7 Å². The van der Waals surface area contributed by atoms with Gasteiger partial charge in [0, 0.05) is 26.1 Å². The van der Waals surface area contributed by atoms with E-state index in [4.69, 9.17) is 0 Å². The number of amides is 2. The van der Waals surface area contributed by atoms with E-state index in [-0.39, 0.29) is 11.8 Å². The molecule has 4 aliphatic rings. The minimum Gasteiger partial charge on any atom is -0.361 e. The van der Waals surface area contributed by atoms with Gasteiger partial charge in [-0.25, -0.2) is 0 Å². The molecule has 3 fully saturated rings. The monoisotopic (exact) mass is 349 g/mol. The second kappa shape index (κ2) is 6.04. The molecule has 24 heavy (non-hydrogen) atoms. The number of likely N-dealkylation sites (tertiary alicyclic amines) is 1. The molecule has 0 radical (unpaired) electrons. The van der Waals surface area contributed by atoms with E-state index in [2.05, 4.69) is 10.3 Å². The minimum atomic E-state index is -0.456. The molecule has 2 saturated carbocycles. The van der Waals surface area contributed by atoms with E-state index in [1.54, 1.807) is 18.7 Å². The largest absolute Gasteiger partial charge is 0.361 e. The van der Waals surface area contributed by atoms with Crippen molar-refractivity contribution in [2.75, 3.05) is 13.1 Å². The maximum absolute atomic E-state index is 12.6. The first kappa shape index (κ1) is 16.4. The second-order valence-corrected chi connectivity index (χ2v) is 9.58. The van der Waals surface area contributed by atoms with E-state index >= 15 is 0 Å². The standard InChI is InChI=1S/C18H27N3O2S/c1-11(22)21-7-5-14(6-8-21)18(2)16(23)20-17(24-18)19-15-10-12-3-4-13(15)9-12/h12-15H,3-10H2,1-2H3,(H,19,20,23)/t12-,13+,15+,18?/m1/s1. The topological polar surface area (TPSA) is 61.8 Å². The highest BCUT2D eigenvalue weighted by molar-refractivity contribution is 8.16. The van der Waals surface area contributed by atoms with Crippen LogP contribution in [-0.4, -0.2) is 45.8 Å². The van der Waals surface area contributed by atoms with Crippen LogP contribution in [0.25, 0.3) is 0 Å². The van der Waals surface area contributed by atoms with E-state index in [0.29, 0.717) is 12.0 Å². The van der Waals surface area contributed by atoms with Gasteiger partial charge in [0.25, 0.3) is 5.91 Å². The number of piperidine rings is 1. The Morgan fingerprint density at radius 2 is 2.00 bits per heavy atom. The summed E-state index contributed by atoms with van der Waals surface area (Å²) in [6.07, 6.45) is 7.09. The number of carbonyl (C=O) groups is 2. The highest BCUT2D eigenvalue weighted by atomic mass is 32.2. The lowest BCUT2D eigenvalue weighted by molar-refractivity contribution is -0.130. The van der Waals surface area contributed by atoms with Gasteiger partial charge >= 0.3 is 0 Å². The van der Waals surface area contributed by atoms with Gasteiger partial charge in [-0.15, -0.1) is 0 Å². The lowest BCUT2D eigenvalue weighted by atomic mass is 9.84. The predicted octanol–water partition coefficient (Wildman–Crippen LogP) is 2.41. The summed E-state index contributed by atoms with van der Waals surface area (Å²) < 4.78 is -0.456. The third-order valence-corrected chi connectivity index (χ3v) is 8.04. The molecule has 2 bridgehead atoms. The summed E-state index contributed by atoms with van der Waals surface area (Å²) in [5.41, 5.74) is 0. The molecule has 2 amide bonds. The van der Waals surface area contributed by atoms with Crippen LogP contribution in [-0.2, 0) is 9.59 Å². The highest BCUT2D eigenvalue weighted by Gasteiger charge is 2.49. The number of thioether (sulfide) groups is 1. The van der Waals surface area contributed by atoms with Crippen LogP contribution in [0.15, 0.2) is 4.99 Å². The highest BCUT2D eigenvalue weighted by Crippen LogP contribution is 2.47. The van der Waals surface area contributed by atoms with E-state index < -0.39 is 4.75 Å². The Bertz CT molecular complexity index is 585. The molecule has 1 saturated heterocycles. The van der Waals surface area contributed by atoms with Gasteiger partial charge in [0.2, 0.25) is 5.91 Å². The van der Waals surface area contributed by atoms with Gasteiger partial charge in [-0.1, -0.05) is 18.2 Å². The van der Waals surface area contributed by atoms with Gasteiger partial charge in [-0.3, -0.25) is 9.59 Å². The Kier molecular flexibility index (Phi) is 4.14. The number of nitrogens with zero attached hydrogens (tertiary/aromatic N) is 2. The van der Waals surface area contributed by atoms with Crippen molar-refractivity contribution in [1.82, 2.24) is 10.2 Å². The first-order valence-electron chi connectivity index (χ1n) is 9.30. The van der Waals surface area contributed by atoms with Gasteiger partial charge in [-0.05, 0) is 56.8 Å². The Morgan fingerprint density at radius 1 is 1.25 bits per heavy atom. The second-order valence-electron chi connectivity index (χ2n) is 8.14. The van der Waals surface area contributed by atoms with Crippen LogP contribution in [0.3, 0.4) is 0 Å². The van der Waals surface area contributed by atoms with Crippen LogP contribution in [0.1, 0.15) is 52.4 Å². The summed E-state index contributed by atoms with van der Waals surface area (Å²) in [6, 6.07) is 0.518. The quantitative estimate of drug-likeness (QED) is 0.832. The third kappa shape index (κ3) is 2.76. The molecule has 4 atom stereocenters. The van der Waals surface area contributed by atoms with Crippen LogP contribution in [0.4, 0.5) is 0 Å². The van der Waals surface area contributed by atoms with Crippen LogP contribution in [0, 0.1) is 17.8 Å². The fraction of sp³-hybridized carbons (Fsp3) is 0.833. The smallest absolute Gasteiger partial charge is 0.264 e. The first-order chi connectivity index (χ1) is 11.5. The zero-order valence-electron chi connectivity index (χ0n) is 14.6. The maximum Gasteiger partial charge on any atom is 0.264 e. The summed E-state index contributed by atoms with van der Waals surface area (Å²) in [4.78, 5) is 30.4. The molecule has 1 N–H and O–H groups in total. The average molecular weight is 350 g/mol. The van der Waals surface area contributed by atoms with Gasteiger partial charge in [0.1, 0.15) is 4.75 Å². The van der Waals surface area contributed by atoms with Crippen LogP contribution >= 0.6 is 11.8 Å². The third-order valence-electron chi connectivity index (χ3n) is 6.70. The van der Waals surface area contributed by atoms with Crippen LogP contribution < -0.4 is 5.32 Å². The van der Waals surface area contributed by atoms with E-state index in [0.717, 1.165) is 42.9 Å². The Balaban J connectivity index is 1.37. The number of fused-ring (bicyclic) bond motifs is 2. The zero-order chi connectivity index (χ0) is 16.9. The Morgan fingerprint density at radius 3 is 2.58 bits per heavy atom. The minimum absolute atomic E-state index is 0.0134. The molecule has 1 unspecified atom stereocenters. The van der Waals surface area contributed by atoms with E-state index in [9.17, 15) is 9.59 Å². The van der Waals surface area contributed by atoms with Crippen molar-refractivity contribution in [1.29, 1.82) is 0 Å². The number of carbonyl (C=O) groups excluding carboxylic acids is 2. The molecule has 0 aromatic heterocycles. The Labute approximate surface area is 148 Å². The fourth-order valence-corrected chi connectivity index (χ4v) is 6.39. The number of aliphatic imine (C=N–C) groups is 1. The average Bonchev–Trinajstić information content (AvgIpc) is 3.24. The molecular weight excluding hydrogens is 322 g/mol. The zero-order valence-corrected chi connectivity index (χ0v) is 15.4. The normalized spacial score (nSPS) is 39.4. The van der Waals surface area contributed by atoms with Crippen LogP contribution in [0.5, 0.6) is 0 Å². The summed E-state index contributed by atoms with van der Waals surface area (Å²) in [6.45, 7) is 5.20. The lowest BCUT2D eigenvalue weighted by Gasteiger charge is -2.38.